The highest BCUT2D eigenvalue weighted by atomic mass is 35.5. The summed E-state index contributed by atoms with van der Waals surface area (Å²) < 4.78 is 18.7. The van der Waals surface area contributed by atoms with Gasteiger partial charge < -0.3 is 4.42 Å². The number of aryl methyl sites for hydroxylation is 1. The van der Waals surface area contributed by atoms with Gasteiger partial charge >= 0.3 is 5.76 Å². The Morgan fingerprint density at radius 2 is 2.27 bits per heavy atom. The van der Waals surface area contributed by atoms with Crippen LogP contribution in [0.1, 0.15) is 5.89 Å². The van der Waals surface area contributed by atoms with Crippen molar-refractivity contribution in [2.24, 2.45) is 0 Å². The molecular formula is C9H6ClFN2O2. The quantitative estimate of drug-likeness (QED) is 0.749. The molecule has 0 aliphatic heterocycles. The Balaban J connectivity index is 2.59. The molecule has 0 aliphatic rings. The molecule has 0 aliphatic carbocycles. The van der Waals surface area contributed by atoms with Gasteiger partial charge in [-0.2, -0.15) is 4.68 Å². The van der Waals surface area contributed by atoms with Crippen molar-refractivity contribution < 1.29 is 8.81 Å². The monoisotopic (exact) mass is 228 g/mol. The number of hydrogen-bond donors (Lipinski definition) is 0. The first-order valence-electron chi connectivity index (χ1n) is 4.10. The van der Waals surface area contributed by atoms with E-state index in [0.717, 1.165) is 10.7 Å². The second kappa shape index (κ2) is 3.51. The van der Waals surface area contributed by atoms with E-state index >= 15 is 0 Å². The summed E-state index contributed by atoms with van der Waals surface area (Å²) in [5.41, 5.74) is 0.277. The average molecular weight is 229 g/mol. The van der Waals surface area contributed by atoms with Gasteiger partial charge in [0.2, 0.25) is 5.89 Å². The largest absolute Gasteiger partial charge is 0.441 e. The minimum Gasteiger partial charge on any atom is -0.392 e. The first-order chi connectivity index (χ1) is 7.08. The van der Waals surface area contributed by atoms with Crippen LogP contribution in [0.25, 0.3) is 5.69 Å². The summed E-state index contributed by atoms with van der Waals surface area (Å²) in [6.07, 6.45) is 0. The van der Waals surface area contributed by atoms with Gasteiger partial charge in [-0.25, -0.2) is 9.18 Å². The van der Waals surface area contributed by atoms with Gasteiger partial charge in [-0.3, -0.25) is 0 Å². The van der Waals surface area contributed by atoms with Gasteiger partial charge in [0.1, 0.15) is 5.82 Å². The zero-order valence-electron chi connectivity index (χ0n) is 7.70. The summed E-state index contributed by atoms with van der Waals surface area (Å²) in [7, 11) is 0. The lowest BCUT2D eigenvalue weighted by Crippen LogP contribution is -2.13. The van der Waals surface area contributed by atoms with Crippen LogP contribution in [0.3, 0.4) is 0 Å². The number of rotatable bonds is 1. The number of aromatic nitrogens is 2. The van der Waals surface area contributed by atoms with Crippen molar-refractivity contribution >= 4 is 11.6 Å². The van der Waals surface area contributed by atoms with Crippen LogP contribution in [-0.2, 0) is 0 Å². The number of halogens is 2. The van der Waals surface area contributed by atoms with E-state index in [2.05, 4.69) is 9.52 Å². The third-order valence-corrected chi connectivity index (χ3v) is 2.10. The van der Waals surface area contributed by atoms with Crippen LogP contribution >= 0.6 is 11.6 Å². The van der Waals surface area contributed by atoms with Gasteiger partial charge in [0.25, 0.3) is 0 Å². The lowest BCUT2D eigenvalue weighted by molar-refractivity contribution is 0.477. The summed E-state index contributed by atoms with van der Waals surface area (Å²) >= 11 is 5.51. The average Bonchev–Trinajstić information content (AvgIpc) is 2.50. The summed E-state index contributed by atoms with van der Waals surface area (Å²) in [5.74, 6) is -1.05. The second-order valence-corrected chi connectivity index (χ2v) is 3.30. The molecule has 0 spiro atoms. The fourth-order valence-electron chi connectivity index (χ4n) is 1.15. The van der Waals surface area contributed by atoms with Crippen molar-refractivity contribution in [2.75, 3.05) is 0 Å². The van der Waals surface area contributed by atoms with Crippen LogP contribution in [-0.4, -0.2) is 9.78 Å². The molecule has 0 unspecified atom stereocenters. The van der Waals surface area contributed by atoms with Gasteiger partial charge in [0, 0.05) is 13.0 Å². The number of benzene rings is 1. The SMILES string of the molecule is Cc1nn(-c2ccc(Cl)c(F)c2)c(=O)o1. The van der Waals surface area contributed by atoms with Gasteiger partial charge in [0.05, 0.1) is 10.7 Å². The topological polar surface area (TPSA) is 48.0 Å². The molecule has 0 saturated heterocycles. The van der Waals surface area contributed by atoms with E-state index in [1.807, 2.05) is 0 Å². The van der Waals surface area contributed by atoms with Crippen molar-refractivity contribution in [2.45, 2.75) is 6.92 Å². The minimum atomic E-state index is -0.658. The maximum Gasteiger partial charge on any atom is 0.441 e. The molecule has 0 radical (unpaired) electrons. The third-order valence-electron chi connectivity index (χ3n) is 1.80. The second-order valence-electron chi connectivity index (χ2n) is 2.90. The molecule has 0 fully saturated rings. The highest BCUT2D eigenvalue weighted by molar-refractivity contribution is 6.30. The highest BCUT2D eigenvalue weighted by Crippen LogP contribution is 2.16. The zero-order valence-corrected chi connectivity index (χ0v) is 8.45. The molecule has 0 bridgehead atoms. The molecule has 2 rings (SSSR count). The maximum atomic E-state index is 13.1. The Morgan fingerprint density at radius 1 is 1.53 bits per heavy atom. The van der Waals surface area contributed by atoms with E-state index in [-0.39, 0.29) is 16.6 Å². The van der Waals surface area contributed by atoms with Crippen molar-refractivity contribution in [3.63, 3.8) is 0 Å². The lowest BCUT2D eigenvalue weighted by Gasteiger charge is -1.99. The van der Waals surface area contributed by atoms with Crippen molar-refractivity contribution in [1.29, 1.82) is 0 Å². The summed E-state index contributed by atoms with van der Waals surface area (Å²) in [4.78, 5) is 11.2. The first-order valence-corrected chi connectivity index (χ1v) is 4.48. The van der Waals surface area contributed by atoms with Crippen LogP contribution in [0.5, 0.6) is 0 Å². The third kappa shape index (κ3) is 1.78. The fourth-order valence-corrected chi connectivity index (χ4v) is 1.27. The Bertz CT molecular complexity index is 561. The van der Waals surface area contributed by atoms with E-state index in [0.29, 0.717) is 0 Å². The minimum absolute atomic E-state index is 0.00739. The van der Waals surface area contributed by atoms with Gasteiger partial charge in [-0.1, -0.05) is 11.6 Å². The lowest BCUT2D eigenvalue weighted by atomic mass is 10.3. The molecule has 78 valence electrons. The highest BCUT2D eigenvalue weighted by Gasteiger charge is 2.08. The Labute approximate surface area is 88.9 Å². The molecule has 2 aromatic rings. The smallest absolute Gasteiger partial charge is 0.392 e. The predicted octanol–water partition coefficient (Wildman–Crippen LogP) is 1.93. The number of hydrogen-bond acceptors (Lipinski definition) is 3. The summed E-state index contributed by atoms with van der Waals surface area (Å²) in [6.45, 7) is 1.53. The predicted molar refractivity (Wildman–Crippen MR) is 51.8 cm³/mol. The Kier molecular flexibility index (Phi) is 2.32. The van der Waals surface area contributed by atoms with E-state index in [1.165, 1.54) is 19.1 Å². The van der Waals surface area contributed by atoms with Gasteiger partial charge in [0.15, 0.2) is 0 Å². The van der Waals surface area contributed by atoms with Gasteiger partial charge in [-0.15, -0.1) is 5.10 Å². The van der Waals surface area contributed by atoms with Crippen LogP contribution in [0.15, 0.2) is 27.4 Å². The van der Waals surface area contributed by atoms with Crippen molar-refractivity contribution in [3.05, 3.63) is 45.5 Å². The van der Waals surface area contributed by atoms with E-state index in [9.17, 15) is 9.18 Å². The molecule has 1 aromatic heterocycles. The fraction of sp³-hybridized carbons (Fsp3) is 0.111. The molecule has 4 nitrogen and oxygen atoms in total. The summed E-state index contributed by atoms with van der Waals surface area (Å²) in [6, 6.07) is 3.95. The molecule has 1 heterocycles. The molecular weight excluding hydrogens is 223 g/mol. The van der Waals surface area contributed by atoms with Crippen LogP contribution in [0, 0.1) is 12.7 Å². The van der Waals surface area contributed by atoms with E-state index < -0.39 is 11.6 Å². The molecule has 6 heteroatoms. The zero-order chi connectivity index (χ0) is 11.0. The van der Waals surface area contributed by atoms with Crippen molar-refractivity contribution in [1.82, 2.24) is 9.78 Å². The molecule has 0 atom stereocenters. The number of nitrogens with zero attached hydrogens (tertiary/aromatic N) is 2. The summed E-state index contributed by atoms with van der Waals surface area (Å²) in [5, 5.41) is 3.77. The van der Waals surface area contributed by atoms with Crippen LogP contribution < -0.4 is 5.76 Å². The molecule has 0 saturated carbocycles. The Hall–Kier alpha value is -1.62. The molecule has 0 amide bonds. The van der Waals surface area contributed by atoms with Crippen LogP contribution in [0.4, 0.5) is 4.39 Å². The van der Waals surface area contributed by atoms with E-state index in [1.54, 1.807) is 0 Å². The normalized spacial score (nSPS) is 10.6. The maximum absolute atomic E-state index is 13.1. The van der Waals surface area contributed by atoms with E-state index in [4.69, 9.17) is 11.6 Å². The van der Waals surface area contributed by atoms with Crippen molar-refractivity contribution in [3.8, 4) is 5.69 Å². The standard InChI is InChI=1S/C9H6ClFN2O2/c1-5-12-13(9(14)15-5)6-2-3-7(10)8(11)4-6/h2-4H,1H3. The molecule has 15 heavy (non-hydrogen) atoms. The van der Waals surface area contributed by atoms with Crippen LogP contribution in [0.2, 0.25) is 5.02 Å². The molecule has 0 N–H and O–H groups in total. The van der Waals surface area contributed by atoms with Gasteiger partial charge in [-0.05, 0) is 12.1 Å². The first kappa shape index (κ1) is 9.92. The molecule has 1 aromatic carbocycles. The Morgan fingerprint density at radius 3 is 2.80 bits per heavy atom.